The van der Waals surface area contributed by atoms with E-state index in [9.17, 15) is 0 Å². The molecule has 0 spiro atoms. The Bertz CT molecular complexity index is 442. The van der Waals surface area contributed by atoms with E-state index in [-0.39, 0.29) is 0 Å². The van der Waals surface area contributed by atoms with Crippen LogP contribution in [0, 0.1) is 11.8 Å². The van der Waals surface area contributed by atoms with Crippen molar-refractivity contribution in [2.75, 3.05) is 19.5 Å². The van der Waals surface area contributed by atoms with Gasteiger partial charge in [0.25, 0.3) is 0 Å². The van der Waals surface area contributed by atoms with Gasteiger partial charge in [-0.1, -0.05) is 25.4 Å². The van der Waals surface area contributed by atoms with Gasteiger partial charge in [0.1, 0.15) is 11.5 Å². The molecule has 1 N–H and O–H groups in total. The van der Waals surface area contributed by atoms with Gasteiger partial charge in [-0.05, 0) is 30.7 Å². The Morgan fingerprint density at radius 3 is 2.32 bits per heavy atom. The van der Waals surface area contributed by atoms with Crippen molar-refractivity contribution in [2.24, 2.45) is 11.8 Å². The zero-order chi connectivity index (χ0) is 14.0. The molecule has 0 atom stereocenters. The lowest BCUT2D eigenvalue weighted by Gasteiger charge is -2.39. The zero-order valence-electron chi connectivity index (χ0n) is 12.0. The first kappa shape index (κ1) is 14.3. The van der Waals surface area contributed by atoms with Gasteiger partial charge in [-0.2, -0.15) is 0 Å². The van der Waals surface area contributed by atoms with Gasteiger partial charge in [0.2, 0.25) is 0 Å². The molecule has 1 fully saturated rings. The van der Waals surface area contributed by atoms with E-state index >= 15 is 0 Å². The van der Waals surface area contributed by atoms with Gasteiger partial charge in [-0.3, -0.25) is 0 Å². The van der Waals surface area contributed by atoms with Crippen LogP contribution in [0.5, 0.6) is 11.5 Å². The largest absolute Gasteiger partial charge is 0.495 e. The molecule has 0 heterocycles. The Morgan fingerprint density at radius 1 is 1.16 bits per heavy atom. The monoisotopic (exact) mass is 283 g/mol. The highest BCUT2D eigenvalue weighted by molar-refractivity contribution is 6.32. The Labute approximate surface area is 120 Å². The summed E-state index contributed by atoms with van der Waals surface area (Å²) >= 11 is 6.16. The van der Waals surface area contributed by atoms with Crippen molar-refractivity contribution in [3.63, 3.8) is 0 Å². The van der Waals surface area contributed by atoms with E-state index in [1.165, 1.54) is 12.8 Å². The fourth-order valence-corrected chi connectivity index (χ4v) is 2.76. The van der Waals surface area contributed by atoms with Crippen LogP contribution in [0.2, 0.25) is 5.02 Å². The first-order chi connectivity index (χ1) is 9.05. The molecule has 4 heteroatoms. The average Bonchev–Trinajstić information content (AvgIpc) is 2.32. The maximum absolute atomic E-state index is 6.16. The number of halogens is 1. The lowest BCUT2D eigenvalue weighted by Crippen LogP contribution is -2.37. The van der Waals surface area contributed by atoms with Crippen LogP contribution in [0.3, 0.4) is 0 Å². The number of methoxy groups -OCH3 is 2. The molecule has 1 aliphatic rings. The van der Waals surface area contributed by atoms with Crippen LogP contribution < -0.4 is 14.8 Å². The van der Waals surface area contributed by atoms with Crippen LogP contribution in [-0.4, -0.2) is 20.3 Å². The van der Waals surface area contributed by atoms with Gasteiger partial charge in [0, 0.05) is 12.1 Å². The molecule has 1 saturated carbocycles. The smallest absolute Gasteiger partial charge is 0.145 e. The molecule has 0 radical (unpaired) electrons. The van der Waals surface area contributed by atoms with E-state index in [1.54, 1.807) is 14.2 Å². The topological polar surface area (TPSA) is 30.5 Å². The molecule has 19 heavy (non-hydrogen) atoms. The average molecular weight is 284 g/mol. The van der Waals surface area contributed by atoms with Crippen molar-refractivity contribution in [3.05, 3.63) is 17.2 Å². The Hall–Kier alpha value is -1.09. The minimum absolute atomic E-state index is 0.519. The lowest BCUT2D eigenvalue weighted by molar-refractivity contribution is 0.211. The van der Waals surface area contributed by atoms with Crippen molar-refractivity contribution < 1.29 is 9.47 Å². The maximum atomic E-state index is 6.16. The molecule has 1 aliphatic carbocycles. The van der Waals surface area contributed by atoms with E-state index in [0.29, 0.717) is 16.8 Å². The standard InChI is InChI=1S/C15H22ClNO2/c1-9(2)10-5-11(6-10)17-13-7-12(16)14(18-3)8-15(13)19-4/h7-11,17H,5-6H2,1-4H3. The van der Waals surface area contributed by atoms with Crippen LogP contribution in [0.25, 0.3) is 0 Å². The van der Waals surface area contributed by atoms with Crippen LogP contribution in [0.1, 0.15) is 26.7 Å². The molecular weight excluding hydrogens is 262 g/mol. The molecule has 0 aliphatic heterocycles. The first-order valence-electron chi connectivity index (χ1n) is 6.73. The third-order valence-electron chi connectivity index (χ3n) is 3.95. The van der Waals surface area contributed by atoms with Crippen LogP contribution >= 0.6 is 11.6 Å². The summed E-state index contributed by atoms with van der Waals surface area (Å²) < 4.78 is 10.6. The Morgan fingerprint density at radius 2 is 1.79 bits per heavy atom. The van der Waals surface area contributed by atoms with Gasteiger partial charge in [-0.25, -0.2) is 0 Å². The lowest BCUT2D eigenvalue weighted by atomic mass is 9.73. The SMILES string of the molecule is COc1cc(OC)c(NC2CC(C(C)C)C2)cc1Cl. The van der Waals surface area contributed by atoms with Crippen molar-refractivity contribution in [3.8, 4) is 11.5 Å². The van der Waals surface area contributed by atoms with Gasteiger partial charge in [-0.15, -0.1) is 0 Å². The van der Waals surface area contributed by atoms with Gasteiger partial charge in [0.05, 0.1) is 24.9 Å². The van der Waals surface area contributed by atoms with Crippen LogP contribution in [0.15, 0.2) is 12.1 Å². The molecule has 1 aromatic carbocycles. The third-order valence-corrected chi connectivity index (χ3v) is 4.25. The minimum atomic E-state index is 0.519. The summed E-state index contributed by atoms with van der Waals surface area (Å²) in [5.74, 6) is 3.00. The molecule has 0 unspecified atom stereocenters. The predicted octanol–water partition coefficient (Wildman–Crippen LogP) is 4.20. The molecule has 0 aromatic heterocycles. The van der Waals surface area contributed by atoms with Crippen molar-refractivity contribution in [1.29, 1.82) is 0 Å². The molecule has 3 nitrogen and oxygen atoms in total. The van der Waals surface area contributed by atoms with Gasteiger partial charge >= 0.3 is 0 Å². The summed E-state index contributed by atoms with van der Waals surface area (Å²) in [5, 5.41) is 4.11. The number of hydrogen-bond acceptors (Lipinski definition) is 3. The second-order valence-electron chi connectivity index (χ2n) is 5.50. The molecule has 106 valence electrons. The van der Waals surface area contributed by atoms with Crippen molar-refractivity contribution in [2.45, 2.75) is 32.7 Å². The summed E-state index contributed by atoms with van der Waals surface area (Å²) in [6.45, 7) is 4.57. The van der Waals surface area contributed by atoms with E-state index in [2.05, 4.69) is 19.2 Å². The fourth-order valence-electron chi connectivity index (χ4n) is 2.52. The summed E-state index contributed by atoms with van der Waals surface area (Å²) in [4.78, 5) is 0. The van der Waals surface area contributed by atoms with Crippen molar-refractivity contribution in [1.82, 2.24) is 0 Å². The first-order valence-corrected chi connectivity index (χ1v) is 7.11. The number of rotatable bonds is 5. The number of hydrogen-bond donors (Lipinski definition) is 1. The Balaban J connectivity index is 2.06. The molecule has 2 rings (SSSR count). The van der Waals surface area contributed by atoms with E-state index in [4.69, 9.17) is 21.1 Å². The van der Waals surface area contributed by atoms with Gasteiger partial charge < -0.3 is 14.8 Å². The highest BCUT2D eigenvalue weighted by Gasteiger charge is 2.31. The van der Waals surface area contributed by atoms with Gasteiger partial charge in [0.15, 0.2) is 0 Å². The van der Waals surface area contributed by atoms with Crippen LogP contribution in [-0.2, 0) is 0 Å². The zero-order valence-corrected chi connectivity index (χ0v) is 12.8. The quantitative estimate of drug-likeness (QED) is 0.878. The van der Waals surface area contributed by atoms with Crippen molar-refractivity contribution >= 4 is 17.3 Å². The predicted molar refractivity (Wildman–Crippen MR) is 79.5 cm³/mol. The third kappa shape index (κ3) is 3.08. The second kappa shape index (κ2) is 5.91. The summed E-state index contributed by atoms with van der Waals surface area (Å²) in [6.07, 6.45) is 2.43. The normalized spacial score (nSPS) is 22.0. The number of anilines is 1. The second-order valence-corrected chi connectivity index (χ2v) is 5.91. The maximum Gasteiger partial charge on any atom is 0.145 e. The summed E-state index contributed by atoms with van der Waals surface area (Å²) in [7, 11) is 3.26. The minimum Gasteiger partial charge on any atom is -0.495 e. The Kier molecular flexibility index (Phi) is 4.46. The fraction of sp³-hybridized carbons (Fsp3) is 0.600. The molecule has 0 bridgehead atoms. The summed E-state index contributed by atoms with van der Waals surface area (Å²) in [6, 6.07) is 4.22. The highest BCUT2D eigenvalue weighted by atomic mass is 35.5. The molecule has 1 aromatic rings. The highest BCUT2D eigenvalue weighted by Crippen LogP contribution is 2.40. The molecular formula is C15H22ClNO2. The number of benzene rings is 1. The summed E-state index contributed by atoms with van der Waals surface area (Å²) in [5.41, 5.74) is 0.945. The van der Waals surface area contributed by atoms with E-state index < -0.39 is 0 Å². The van der Waals surface area contributed by atoms with Crippen LogP contribution in [0.4, 0.5) is 5.69 Å². The molecule has 0 saturated heterocycles. The molecule has 0 amide bonds. The number of nitrogens with one attached hydrogen (secondary N) is 1. The van der Waals surface area contributed by atoms with E-state index in [0.717, 1.165) is 23.3 Å². The van der Waals surface area contributed by atoms with E-state index in [1.807, 2.05) is 12.1 Å². The number of ether oxygens (including phenoxy) is 2.